The number of carbonyl (C=O) groups is 1. The SMILES string of the molecule is COc1ccc2c(c1)CCN(C(=O)c1ccccc1)/C2=C/c1ccc(OC)c(O)c1. The Morgan fingerprint density at radius 3 is 2.50 bits per heavy atom. The van der Waals surface area contributed by atoms with Gasteiger partial charge in [0.2, 0.25) is 0 Å². The van der Waals surface area contributed by atoms with Gasteiger partial charge < -0.3 is 19.5 Å². The highest BCUT2D eigenvalue weighted by atomic mass is 16.5. The van der Waals surface area contributed by atoms with Crippen LogP contribution in [0.1, 0.15) is 27.0 Å². The normalized spacial score (nSPS) is 14.3. The topological polar surface area (TPSA) is 59.0 Å². The summed E-state index contributed by atoms with van der Waals surface area (Å²) in [6.07, 6.45) is 2.65. The fraction of sp³-hybridized carbons (Fsp3) is 0.160. The molecule has 0 aliphatic carbocycles. The maximum absolute atomic E-state index is 13.3. The molecular formula is C25H23NO4. The third-order valence-corrected chi connectivity index (χ3v) is 5.26. The summed E-state index contributed by atoms with van der Waals surface area (Å²) in [6, 6.07) is 20.4. The Balaban J connectivity index is 1.82. The molecule has 0 spiro atoms. The molecule has 0 unspecified atom stereocenters. The predicted molar refractivity (Wildman–Crippen MR) is 117 cm³/mol. The van der Waals surface area contributed by atoms with E-state index in [0.717, 1.165) is 34.6 Å². The highest BCUT2D eigenvalue weighted by Gasteiger charge is 2.27. The number of ether oxygens (including phenoxy) is 2. The van der Waals surface area contributed by atoms with Crippen molar-refractivity contribution in [3.05, 3.63) is 89.0 Å². The molecule has 1 N–H and O–H groups in total. The first-order valence-corrected chi connectivity index (χ1v) is 9.73. The van der Waals surface area contributed by atoms with E-state index in [0.29, 0.717) is 17.9 Å². The molecule has 30 heavy (non-hydrogen) atoms. The van der Waals surface area contributed by atoms with E-state index in [1.165, 1.54) is 7.11 Å². The van der Waals surface area contributed by atoms with Crippen LogP contribution in [-0.2, 0) is 6.42 Å². The van der Waals surface area contributed by atoms with E-state index in [9.17, 15) is 9.90 Å². The van der Waals surface area contributed by atoms with Gasteiger partial charge in [0.1, 0.15) is 5.75 Å². The minimum Gasteiger partial charge on any atom is -0.504 e. The zero-order chi connectivity index (χ0) is 21.1. The average molecular weight is 401 g/mol. The van der Waals surface area contributed by atoms with Crippen LogP contribution in [0.25, 0.3) is 11.8 Å². The molecular weight excluding hydrogens is 378 g/mol. The molecule has 0 saturated heterocycles. The van der Waals surface area contributed by atoms with E-state index in [4.69, 9.17) is 9.47 Å². The molecule has 1 heterocycles. The Labute approximate surface area is 175 Å². The van der Waals surface area contributed by atoms with Crippen LogP contribution in [0, 0.1) is 0 Å². The maximum atomic E-state index is 13.3. The summed E-state index contributed by atoms with van der Waals surface area (Å²) in [5, 5.41) is 10.2. The van der Waals surface area contributed by atoms with Gasteiger partial charge in [-0.3, -0.25) is 4.79 Å². The van der Waals surface area contributed by atoms with Crippen molar-refractivity contribution in [2.45, 2.75) is 6.42 Å². The highest BCUT2D eigenvalue weighted by molar-refractivity contribution is 6.02. The molecule has 152 valence electrons. The number of phenolic OH excluding ortho intramolecular Hbond substituents is 1. The molecule has 0 bridgehead atoms. The van der Waals surface area contributed by atoms with Crippen molar-refractivity contribution in [3.8, 4) is 17.2 Å². The van der Waals surface area contributed by atoms with Crippen LogP contribution in [0.15, 0.2) is 66.7 Å². The van der Waals surface area contributed by atoms with Gasteiger partial charge in [0.25, 0.3) is 5.91 Å². The van der Waals surface area contributed by atoms with Gasteiger partial charge in [-0.05, 0) is 66.1 Å². The van der Waals surface area contributed by atoms with Crippen LogP contribution in [0.3, 0.4) is 0 Å². The number of nitrogens with zero attached hydrogens (tertiary/aromatic N) is 1. The number of hydrogen-bond donors (Lipinski definition) is 1. The van der Waals surface area contributed by atoms with Crippen LogP contribution < -0.4 is 9.47 Å². The first-order valence-electron chi connectivity index (χ1n) is 9.73. The predicted octanol–water partition coefficient (Wildman–Crippen LogP) is 4.61. The minimum atomic E-state index is -0.0546. The first-order chi connectivity index (χ1) is 14.6. The van der Waals surface area contributed by atoms with E-state index >= 15 is 0 Å². The molecule has 1 aliphatic rings. The number of phenols is 1. The number of rotatable bonds is 4. The van der Waals surface area contributed by atoms with Crippen molar-refractivity contribution < 1.29 is 19.4 Å². The van der Waals surface area contributed by atoms with Crippen LogP contribution in [0.5, 0.6) is 17.2 Å². The zero-order valence-electron chi connectivity index (χ0n) is 17.0. The van der Waals surface area contributed by atoms with Gasteiger partial charge in [-0.2, -0.15) is 0 Å². The quantitative estimate of drug-likeness (QED) is 0.694. The van der Waals surface area contributed by atoms with E-state index in [-0.39, 0.29) is 11.7 Å². The van der Waals surface area contributed by atoms with Crippen molar-refractivity contribution >= 4 is 17.7 Å². The molecule has 0 saturated carbocycles. The van der Waals surface area contributed by atoms with Gasteiger partial charge in [0.15, 0.2) is 11.5 Å². The van der Waals surface area contributed by atoms with E-state index in [1.54, 1.807) is 24.1 Å². The average Bonchev–Trinajstić information content (AvgIpc) is 2.79. The number of hydrogen-bond acceptors (Lipinski definition) is 4. The van der Waals surface area contributed by atoms with Crippen molar-refractivity contribution in [2.24, 2.45) is 0 Å². The second-order valence-electron chi connectivity index (χ2n) is 7.06. The summed E-state index contributed by atoms with van der Waals surface area (Å²) in [5.41, 5.74) is 4.30. The lowest BCUT2D eigenvalue weighted by Crippen LogP contribution is -2.35. The van der Waals surface area contributed by atoms with Gasteiger partial charge in [0, 0.05) is 17.7 Å². The van der Waals surface area contributed by atoms with Crippen LogP contribution in [0.4, 0.5) is 0 Å². The standard InChI is InChI=1S/C25H23NO4/c1-29-20-9-10-21-19(16-20)12-13-26(25(28)18-6-4-3-5-7-18)22(21)14-17-8-11-24(30-2)23(27)15-17/h3-11,14-16,27H,12-13H2,1-2H3/b22-14+. The Kier molecular flexibility index (Phi) is 5.44. The summed E-state index contributed by atoms with van der Waals surface area (Å²) in [7, 11) is 3.16. The van der Waals surface area contributed by atoms with Crippen LogP contribution >= 0.6 is 0 Å². The first kappa shape index (κ1) is 19.6. The number of benzene rings is 3. The summed E-state index contributed by atoms with van der Waals surface area (Å²) in [5.74, 6) is 1.20. The number of amides is 1. The zero-order valence-corrected chi connectivity index (χ0v) is 17.0. The molecule has 5 heteroatoms. The molecule has 1 aliphatic heterocycles. The second kappa shape index (κ2) is 8.33. The van der Waals surface area contributed by atoms with Crippen LogP contribution in [-0.4, -0.2) is 36.7 Å². The molecule has 0 radical (unpaired) electrons. The summed E-state index contributed by atoms with van der Waals surface area (Å²) >= 11 is 0. The van der Waals surface area contributed by atoms with Crippen molar-refractivity contribution in [3.63, 3.8) is 0 Å². The lowest BCUT2D eigenvalue weighted by molar-refractivity contribution is 0.0834. The molecule has 0 atom stereocenters. The monoisotopic (exact) mass is 401 g/mol. The van der Waals surface area contributed by atoms with E-state index < -0.39 is 0 Å². The third kappa shape index (κ3) is 3.74. The van der Waals surface area contributed by atoms with Crippen molar-refractivity contribution in [1.29, 1.82) is 0 Å². The van der Waals surface area contributed by atoms with Crippen molar-refractivity contribution in [2.75, 3.05) is 20.8 Å². The van der Waals surface area contributed by atoms with Gasteiger partial charge in [-0.25, -0.2) is 0 Å². The summed E-state index contributed by atoms with van der Waals surface area (Å²) in [6.45, 7) is 0.557. The number of aromatic hydroxyl groups is 1. The largest absolute Gasteiger partial charge is 0.504 e. The minimum absolute atomic E-state index is 0.0542. The second-order valence-corrected chi connectivity index (χ2v) is 7.06. The molecule has 3 aromatic rings. The number of fused-ring (bicyclic) bond motifs is 1. The van der Waals surface area contributed by atoms with Gasteiger partial charge in [0.05, 0.1) is 19.9 Å². The Morgan fingerprint density at radius 2 is 1.80 bits per heavy atom. The molecule has 4 rings (SSSR count). The summed E-state index contributed by atoms with van der Waals surface area (Å²) < 4.78 is 10.5. The summed E-state index contributed by atoms with van der Waals surface area (Å²) in [4.78, 5) is 15.1. The van der Waals surface area contributed by atoms with Gasteiger partial charge in [-0.15, -0.1) is 0 Å². The Morgan fingerprint density at radius 1 is 1.00 bits per heavy atom. The molecule has 1 amide bonds. The maximum Gasteiger partial charge on any atom is 0.258 e. The lowest BCUT2D eigenvalue weighted by atomic mass is 9.94. The fourth-order valence-electron chi connectivity index (χ4n) is 3.71. The van der Waals surface area contributed by atoms with Crippen LogP contribution in [0.2, 0.25) is 0 Å². The molecule has 0 aromatic heterocycles. The van der Waals surface area contributed by atoms with Gasteiger partial charge >= 0.3 is 0 Å². The Hall–Kier alpha value is -3.73. The number of carbonyl (C=O) groups excluding carboxylic acids is 1. The number of methoxy groups -OCH3 is 2. The molecule has 5 nitrogen and oxygen atoms in total. The van der Waals surface area contributed by atoms with Crippen molar-refractivity contribution in [1.82, 2.24) is 4.90 Å². The highest BCUT2D eigenvalue weighted by Crippen LogP contribution is 2.35. The Bertz CT molecular complexity index is 1110. The molecule has 3 aromatic carbocycles. The lowest BCUT2D eigenvalue weighted by Gasteiger charge is -2.32. The van der Waals surface area contributed by atoms with E-state index in [1.807, 2.05) is 60.7 Å². The third-order valence-electron chi connectivity index (χ3n) is 5.26. The van der Waals surface area contributed by atoms with Gasteiger partial charge in [-0.1, -0.05) is 24.3 Å². The fourth-order valence-corrected chi connectivity index (χ4v) is 3.71. The molecule has 0 fully saturated rings. The van der Waals surface area contributed by atoms with E-state index in [2.05, 4.69) is 0 Å². The smallest absolute Gasteiger partial charge is 0.258 e.